The molecule has 0 N–H and O–H groups in total. The first-order valence-corrected chi connectivity index (χ1v) is 13.9. The first kappa shape index (κ1) is 23.4. The van der Waals surface area contributed by atoms with E-state index in [2.05, 4.69) is 121 Å². The van der Waals surface area contributed by atoms with Gasteiger partial charge in [-0.1, -0.05) is 121 Å². The van der Waals surface area contributed by atoms with Crippen LogP contribution in [-0.4, -0.2) is 4.98 Å². The molecule has 0 spiro atoms. The van der Waals surface area contributed by atoms with E-state index in [-0.39, 0.29) is 0 Å². The fraction of sp³-hybridized carbons (Fsp3) is 0. The number of hydrogen-bond donors (Lipinski definition) is 0. The van der Waals surface area contributed by atoms with Gasteiger partial charge in [-0.2, -0.15) is 0 Å². The van der Waals surface area contributed by atoms with Crippen molar-refractivity contribution in [2.24, 2.45) is 0 Å². The van der Waals surface area contributed by atoms with Crippen molar-refractivity contribution >= 4 is 32.6 Å². The van der Waals surface area contributed by atoms with E-state index in [1.165, 1.54) is 44.2 Å². The Morgan fingerprint density at radius 1 is 0.390 bits per heavy atom. The summed E-state index contributed by atoms with van der Waals surface area (Å²) in [6, 6.07) is 53.5. The van der Waals surface area contributed by atoms with E-state index < -0.39 is 0 Å². The molecule has 0 fully saturated rings. The van der Waals surface area contributed by atoms with E-state index in [1.54, 1.807) is 0 Å². The maximum Gasteiger partial charge on any atom is 0.227 e. The van der Waals surface area contributed by atoms with Gasteiger partial charge < -0.3 is 4.42 Å². The van der Waals surface area contributed by atoms with Gasteiger partial charge in [0.25, 0.3) is 0 Å². The van der Waals surface area contributed by atoms with Gasteiger partial charge in [0.1, 0.15) is 5.52 Å². The second-order valence-electron chi connectivity index (χ2n) is 10.4. The van der Waals surface area contributed by atoms with Crippen molar-refractivity contribution < 1.29 is 4.42 Å². The lowest BCUT2D eigenvalue weighted by atomic mass is 9.94. The van der Waals surface area contributed by atoms with Crippen LogP contribution >= 0.6 is 0 Å². The number of nitrogens with zero attached hydrogens (tertiary/aromatic N) is 1. The zero-order valence-corrected chi connectivity index (χ0v) is 22.3. The average Bonchev–Trinajstić information content (AvgIpc) is 3.50. The first-order valence-electron chi connectivity index (χ1n) is 13.9. The van der Waals surface area contributed by atoms with Gasteiger partial charge >= 0.3 is 0 Å². The highest BCUT2D eigenvalue weighted by Crippen LogP contribution is 2.37. The standard InChI is InChI=1S/C39H25NO/c1-3-8-26(9-4-1)27-14-16-28(17-15-27)32-12-7-13-33(24-32)34-21-19-29-18-20-30-22-23-36-38(37(30)35(29)25-34)41-39(40-36)31-10-5-2-6-11-31/h1-25H. The number of fused-ring (bicyclic) bond motifs is 5. The van der Waals surface area contributed by atoms with E-state index in [0.29, 0.717) is 5.89 Å². The molecule has 192 valence electrons. The molecule has 0 amide bonds. The maximum absolute atomic E-state index is 6.43. The summed E-state index contributed by atoms with van der Waals surface area (Å²) in [5, 5.41) is 4.59. The highest BCUT2D eigenvalue weighted by Gasteiger charge is 2.14. The van der Waals surface area contributed by atoms with Crippen LogP contribution in [0.15, 0.2) is 156 Å². The maximum atomic E-state index is 6.43. The van der Waals surface area contributed by atoms with Crippen LogP contribution in [0.5, 0.6) is 0 Å². The summed E-state index contributed by atoms with van der Waals surface area (Å²) in [6.45, 7) is 0. The summed E-state index contributed by atoms with van der Waals surface area (Å²) < 4.78 is 6.43. The zero-order chi connectivity index (χ0) is 27.2. The molecular formula is C39H25NO. The third kappa shape index (κ3) is 4.18. The molecule has 2 heteroatoms. The van der Waals surface area contributed by atoms with Crippen molar-refractivity contribution in [2.75, 3.05) is 0 Å². The lowest BCUT2D eigenvalue weighted by Gasteiger charge is -2.10. The second-order valence-corrected chi connectivity index (χ2v) is 10.4. The molecule has 0 saturated heterocycles. The van der Waals surface area contributed by atoms with Gasteiger partial charge in [0, 0.05) is 10.9 Å². The summed E-state index contributed by atoms with van der Waals surface area (Å²) in [5.74, 6) is 0.646. The van der Waals surface area contributed by atoms with Gasteiger partial charge in [-0.15, -0.1) is 0 Å². The Morgan fingerprint density at radius 2 is 0.902 bits per heavy atom. The topological polar surface area (TPSA) is 26.0 Å². The minimum absolute atomic E-state index is 0.646. The quantitative estimate of drug-likeness (QED) is 0.214. The van der Waals surface area contributed by atoms with Crippen LogP contribution in [0, 0.1) is 0 Å². The molecular weight excluding hydrogens is 498 g/mol. The largest absolute Gasteiger partial charge is 0.435 e. The molecule has 1 aromatic heterocycles. The highest BCUT2D eigenvalue weighted by atomic mass is 16.3. The number of rotatable bonds is 4. The normalized spacial score (nSPS) is 11.4. The molecule has 0 aliphatic heterocycles. The van der Waals surface area contributed by atoms with Crippen LogP contribution < -0.4 is 0 Å². The summed E-state index contributed by atoms with van der Waals surface area (Å²) >= 11 is 0. The Morgan fingerprint density at radius 3 is 1.66 bits per heavy atom. The number of benzene rings is 7. The van der Waals surface area contributed by atoms with Crippen molar-refractivity contribution in [1.82, 2.24) is 4.98 Å². The van der Waals surface area contributed by atoms with E-state index in [0.717, 1.165) is 27.4 Å². The Balaban J connectivity index is 1.23. The minimum Gasteiger partial charge on any atom is -0.435 e. The van der Waals surface area contributed by atoms with Crippen molar-refractivity contribution in [3.8, 4) is 44.8 Å². The Labute approximate surface area is 238 Å². The van der Waals surface area contributed by atoms with Gasteiger partial charge in [-0.3, -0.25) is 0 Å². The summed E-state index contributed by atoms with van der Waals surface area (Å²) in [4.78, 5) is 4.82. The molecule has 8 rings (SSSR count). The van der Waals surface area contributed by atoms with E-state index in [4.69, 9.17) is 9.40 Å². The zero-order valence-electron chi connectivity index (χ0n) is 22.3. The second kappa shape index (κ2) is 9.62. The molecule has 0 unspecified atom stereocenters. The average molecular weight is 524 g/mol. The molecule has 0 atom stereocenters. The highest BCUT2D eigenvalue weighted by molar-refractivity contribution is 6.18. The smallest absolute Gasteiger partial charge is 0.227 e. The van der Waals surface area contributed by atoms with Crippen LogP contribution in [0.1, 0.15) is 0 Å². The molecule has 8 aromatic rings. The third-order valence-corrected chi connectivity index (χ3v) is 7.90. The molecule has 0 saturated carbocycles. The molecule has 1 heterocycles. The number of aromatic nitrogens is 1. The van der Waals surface area contributed by atoms with Gasteiger partial charge in [-0.05, 0) is 79.9 Å². The first-order chi connectivity index (χ1) is 20.3. The van der Waals surface area contributed by atoms with Crippen LogP contribution in [-0.2, 0) is 0 Å². The molecule has 0 bridgehead atoms. The predicted octanol–water partition coefficient (Wildman–Crippen LogP) is 10.8. The van der Waals surface area contributed by atoms with E-state index in [1.807, 2.05) is 30.3 Å². The Kier molecular flexibility index (Phi) is 5.49. The SMILES string of the molecule is c1ccc(-c2ccc(-c3cccc(-c4ccc5ccc6ccc7nc(-c8ccccc8)oc7c6c5c4)c3)cc2)cc1. The fourth-order valence-electron chi connectivity index (χ4n) is 5.77. The van der Waals surface area contributed by atoms with Crippen LogP contribution in [0.4, 0.5) is 0 Å². The molecule has 41 heavy (non-hydrogen) atoms. The summed E-state index contributed by atoms with van der Waals surface area (Å²) in [5.41, 5.74) is 9.89. The number of hydrogen-bond acceptors (Lipinski definition) is 2. The third-order valence-electron chi connectivity index (χ3n) is 7.90. The van der Waals surface area contributed by atoms with Crippen LogP contribution in [0.2, 0.25) is 0 Å². The van der Waals surface area contributed by atoms with Gasteiger partial charge in [-0.25, -0.2) is 4.98 Å². The molecule has 2 nitrogen and oxygen atoms in total. The van der Waals surface area contributed by atoms with E-state index >= 15 is 0 Å². The predicted molar refractivity (Wildman–Crippen MR) is 171 cm³/mol. The summed E-state index contributed by atoms with van der Waals surface area (Å²) in [6.07, 6.45) is 0. The van der Waals surface area contributed by atoms with Crippen LogP contribution in [0.3, 0.4) is 0 Å². The van der Waals surface area contributed by atoms with Crippen molar-refractivity contribution in [1.29, 1.82) is 0 Å². The molecule has 7 aromatic carbocycles. The molecule has 0 aliphatic carbocycles. The lowest BCUT2D eigenvalue weighted by molar-refractivity contribution is 0.623. The Hall–Kier alpha value is -5.47. The van der Waals surface area contributed by atoms with Gasteiger partial charge in [0.05, 0.1) is 0 Å². The van der Waals surface area contributed by atoms with Gasteiger partial charge in [0.15, 0.2) is 5.58 Å². The Bertz CT molecular complexity index is 2180. The van der Waals surface area contributed by atoms with Crippen LogP contribution in [0.25, 0.3) is 77.5 Å². The monoisotopic (exact) mass is 523 g/mol. The number of oxazole rings is 1. The van der Waals surface area contributed by atoms with Crippen molar-refractivity contribution in [3.63, 3.8) is 0 Å². The van der Waals surface area contributed by atoms with Crippen molar-refractivity contribution in [2.45, 2.75) is 0 Å². The van der Waals surface area contributed by atoms with Crippen molar-refractivity contribution in [3.05, 3.63) is 152 Å². The molecule has 0 aliphatic rings. The minimum atomic E-state index is 0.646. The summed E-state index contributed by atoms with van der Waals surface area (Å²) in [7, 11) is 0. The lowest BCUT2D eigenvalue weighted by Crippen LogP contribution is -1.84. The van der Waals surface area contributed by atoms with Gasteiger partial charge in [0.2, 0.25) is 5.89 Å². The molecule has 0 radical (unpaired) electrons. The van der Waals surface area contributed by atoms with E-state index in [9.17, 15) is 0 Å². The fourth-order valence-corrected chi connectivity index (χ4v) is 5.77.